The third-order valence-corrected chi connectivity index (χ3v) is 5.31. The molecule has 2 aromatic heterocycles. The van der Waals surface area contributed by atoms with Gasteiger partial charge in [0.1, 0.15) is 0 Å². The molecule has 9 nitrogen and oxygen atoms in total. The van der Waals surface area contributed by atoms with E-state index in [0.29, 0.717) is 12.6 Å². The average Bonchev–Trinajstić information content (AvgIpc) is 3.15. The molecule has 0 amide bonds. The minimum Gasteiger partial charge on any atom is -0.475 e. The van der Waals surface area contributed by atoms with E-state index in [-0.39, 0.29) is 5.60 Å². The first-order valence-corrected chi connectivity index (χ1v) is 9.93. The van der Waals surface area contributed by atoms with Crippen molar-refractivity contribution >= 4 is 11.9 Å². The van der Waals surface area contributed by atoms with Crippen LogP contribution < -0.4 is 4.90 Å². The number of aryl methyl sites for hydroxylation is 1. The Balaban J connectivity index is 0.000000360. The number of piperidine rings is 1. The molecule has 0 aliphatic carbocycles. The number of aromatic nitrogens is 4. The normalized spacial score (nSPS) is 18.8. The van der Waals surface area contributed by atoms with Crippen molar-refractivity contribution in [2.75, 3.05) is 37.7 Å². The number of aliphatic carboxylic acids is 1. The molecule has 0 bridgehead atoms. The number of likely N-dealkylation sites (tertiary alicyclic amines) is 1. The lowest BCUT2D eigenvalue weighted by molar-refractivity contribution is -0.192. The lowest BCUT2D eigenvalue weighted by Gasteiger charge is -2.47. The van der Waals surface area contributed by atoms with Crippen LogP contribution in [-0.4, -0.2) is 80.3 Å². The molecule has 2 fully saturated rings. The van der Waals surface area contributed by atoms with E-state index < -0.39 is 18.0 Å². The maximum Gasteiger partial charge on any atom is 0.490 e. The molecule has 0 saturated carbocycles. The molecule has 13 heteroatoms. The number of morpholine rings is 1. The lowest BCUT2D eigenvalue weighted by Crippen LogP contribution is -2.57. The zero-order valence-corrected chi connectivity index (χ0v) is 17.4. The van der Waals surface area contributed by atoms with E-state index in [0.717, 1.165) is 45.6 Å². The fourth-order valence-corrected chi connectivity index (χ4v) is 3.72. The Morgan fingerprint density at radius 2 is 1.81 bits per heavy atom. The average molecular weight is 460 g/mol. The summed E-state index contributed by atoms with van der Waals surface area (Å²) in [6, 6.07) is 0. The number of carboxylic acid groups (broad SMARTS) is 1. The van der Waals surface area contributed by atoms with Gasteiger partial charge in [0.25, 0.3) is 0 Å². The molecule has 0 radical (unpaired) electrons. The van der Waals surface area contributed by atoms with Gasteiger partial charge in [-0.2, -0.15) is 18.3 Å². The van der Waals surface area contributed by atoms with Crippen molar-refractivity contribution in [2.24, 2.45) is 7.05 Å². The van der Waals surface area contributed by atoms with Crippen LogP contribution in [-0.2, 0) is 23.1 Å². The summed E-state index contributed by atoms with van der Waals surface area (Å²) >= 11 is 0. The molecule has 0 aromatic carbocycles. The van der Waals surface area contributed by atoms with Crippen molar-refractivity contribution in [1.82, 2.24) is 24.6 Å². The summed E-state index contributed by atoms with van der Waals surface area (Å²) in [5.41, 5.74) is 1.09. The van der Waals surface area contributed by atoms with Crippen LogP contribution in [0.25, 0.3) is 0 Å². The Kier molecular flexibility index (Phi) is 7.29. The summed E-state index contributed by atoms with van der Waals surface area (Å²) < 4.78 is 52.8. The van der Waals surface area contributed by atoms with Gasteiger partial charge in [0, 0.05) is 45.0 Å². The number of alkyl halides is 3. The summed E-state index contributed by atoms with van der Waals surface area (Å²) in [6.45, 7) is 5.07. The number of carboxylic acids is 1. The Labute approximate surface area is 181 Å². The Morgan fingerprint density at radius 1 is 1.19 bits per heavy atom. The van der Waals surface area contributed by atoms with Gasteiger partial charge in [-0.15, -0.1) is 0 Å². The van der Waals surface area contributed by atoms with E-state index in [2.05, 4.69) is 31.1 Å². The standard InChI is InChI=1S/C17H23FN6O.C2HF3O2/c1-22-11-14(8-21-22)12-23-4-2-17(3-5-23)13-24(6-7-25-17)16-19-9-15(18)10-20-16;3-2(4,5)1(6)7/h8-11H,2-7,12-13H2,1H3;(H,6,7). The number of hydrogen-bond donors (Lipinski definition) is 1. The van der Waals surface area contributed by atoms with Crippen molar-refractivity contribution in [2.45, 2.75) is 31.2 Å². The van der Waals surface area contributed by atoms with E-state index in [1.165, 1.54) is 18.0 Å². The second-order valence-corrected chi connectivity index (χ2v) is 7.76. The van der Waals surface area contributed by atoms with Crippen LogP contribution in [0.15, 0.2) is 24.8 Å². The predicted molar refractivity (Wildman–Crippen MR) is 104 cm³/mol. The summed E-state index contributed by atoms with van der Waals surface area (Å²) in [6.07, 6.45) is 3.31. The first kappa shape index (κ1) is 23.9. The maximum absolute atomic E-state index is 13.0. The van der Waals surface area contributed by atoms with Gasteiger partial charge in [-0.05, 0) is 12.8 Å². The van der Waals surface area contributed by atoms with Crippen molar-refractivity contribution in [3.05, 3.63) is 36.2 Å². The highest BCUT2D eigenvalue weighted by Gasteiger charge is 2.40. The van der Waals surface area contributed by atoms with E-state index in [1.807, 2.05) is 17.9 Å². The fraction of sp³-hybridized carbons (Fsp3) is 0.579. The van der Waals surface area contributed by atoms with Crippen molar-refractivity contribution in [3.8, 4) is 0 Å². The van der Waals surface area contributed by atoms with Gasteiger partial charge in [0.2, 0.25) is 5.95 Å². The Hall–Kier alpha value is -2.80. The number of halogens is 4. The fourth-order valence-electron chi connectivity index (χ4n) is 3.72. The first-order chi connectivity index (χ1) is 15.1. The molecule has 1 spiro atoms. The zero-order valence-electron chi connectivity index (χ0n) is 17.4. The van der Waals surface area contributed by atoms with Crippen LogP contribution in [0, 0.1) is 5.82 Å². The smallest absolute Gasteiger partial charge is 0.475 e. The molecule has 32 heavy (non-hydrogen) atoms. The number of ether oxygens (including phenoxy) is 1. The SMILES string of the molecule is Cn1cc(CN2CCC3(CC2)CN(c2ncc(F)cn2)CCO3)cn1.O=C(O)C(F)(F)F. The summed E-state index contributed by atoms with van der Waals surface area (Å²) in [5, 5.41) is 11.4. The molecular weight excluding hydrogens is 436 g/mol. The third kappa shape index (κ3) is 6.36. The monoisotopic (exact) mass is 460 g/mol. The molecule has 0 unspecified atom stereocenters. The highest BCUT2D eigenvalue weighted by atomic mass is 19.4. The van der Waals surface area contributed by atoms with E-state index in [1.54, 1.807) is 0 Å². The maximum atomic E-state index is 13.0. The van der Waals surface area contributed by atoms with Crippen molar-refractivity contribution in [3.63, 3.8) is 0 Å². The second-order valence-electron chi connectivity index (χ2n) is 7.76. The molecule has 1 N–H and O–H groups in total. The molecule has 2 aliphatic heterocycles. The number of nitrogens with zero attached hydrogens (tertiary/aromatic N) is 6. The summed E-state index contributed by atoms with van der Waals surface area (Å²) in [4.78, 5) is 21.7. The number of rotatable bonds is 3. The van der Waals surface area contributed by atoms with Gasteiger partial charge in [-0.1, -0.05) is 0 Å². The minimum absolute atomic E-state index is 0.151. The van der Waals surface area contributed by atoms with Gasteiger partial charge in [0.05, 0.1) is 37.3 Å². The molecule has 4 heterocycles. The molecular formula is C19H24F4N6O3. The van der Waals surface area contributed by atoms with E-state index in [9.17, 15) is 17.6 Å². The Morgan fingerprint density at radius 3 is 2.34 bits per heavy atom. The van der Waals surface area contributed by atoms with E-state index >= 15 is 0 Å². The zero-order chi connectivity index (χ0) is 23.4. The Bertz CT molecular complexity index is 897. The van der Waals surface area contributed by atoms with Gasteiger partial charge in [0.15, 0.2) is 5.82 Å². The molecule has 0 atom stereocenters. The van der Waals surface area contributed by atoms with Gasteiger partial charge in [-0.25, -0.2) is 19.2 Å². The largest absolute Gasteiger partial charge is 0.490 e. The van der Waals surface area contributed by atoms with Gasteiger partial charge in [-0.3, -0.25) is 9.58 Å². The minimum atomic E-state index is -5.08. The third-order valence-electron chi connectivity index (χ3n) is 5.31. The van der Waals surface area contributed by atoms with Gasteiger partial charge < -0.3 is 14.7 Å². The van der Waals surface area contributed by atoms with E-state index in [4.69, 9.17) is 14.6 Å². The van der Waals surface area contributed by atoms with Crippen LogP contribution in [0.4, 0.5) is 23.5 Å². The van der Waals surface area contributed by atoms with Crippen LogP contribution >= 0.6 is 0 Å². The molecule has 2 saturated heterocycles. The second kappa shape index (κ2) is 9.77. The van der Waals surface area contributed by atoms with Crippen molar-refractivity contribution < 1.29 is 32.2 Å². The molecule has 176 valence electrons. The summed E-state index contributed by atoms with van der Waals surface area (Å²) in [7, 11) is 1.94. The number of hydrogen-bond acceptors (Lipinski definition) is 7. The first-order valence-electron chi connectivity index (χ1n) is 9.93. The van der Waals surface area contributed by atoms with Gasteiger partial charge >= 0.3 is 12.1 Å². The highest BCUT2D eigenvalue weighted by molar-refractivity contribution is 5.73. The molecule has 2 aliphatic rings. The quantitative estimate of drug-likeness (QED) is 0.694. The van der Waals surface area contributed by atoms with Crippen LogP contribution in [0.3, 0.4) is 0 Å². The number of carbonyl (C=O) groups is 1. The molecule has 2 aromatic rings. The topological polar surface area (TPSA) is 96.6 Å². The number of anilines is 1. The summed E-state index contributed by atoms with van der Waals surface area (Å²) in [5.74, 6) is -2.58. The van der Waals surface area contributed by atoms with Crippen LogP contribution in [0.1, 0.15) is 18.4 Å². The van der Waals surface area contributed by atoms with Crippen LogP contribution in [0.5, 0.6) is 0 Å². The highest BCUT2D eigenvalue weighted by Crippen LogP contribution is 2.31. The predicted octanol–water partition coefficient (Wildman–Crippen LogP) is 1.85. The lowest BCUT2D eigenvalue weighted by atomic mass is 9.89. The van der Waals surface area contributed by atoms with Crippen LogP contribution in [0.2, 0.25) is 0 Å². The van der Waals surface area contributed by atoms with Crippen molar-refractivity contribution in [1.29, 1.82) is 0 Å². The molecule has 4 rings (SSSR count).